The third kappa shape index (κ3) is 3.22. The van der Waals surface area contributed by atoms with Gasteiger partial charge in [0.25, 0.3) is 11.6 Å². The van der Waals surface area contributed by atoms with Crippen LogP contribution in [0, 0.1) is 45.6 Å². The highest BCUT2D eigenvalue weighted by atomic mass is 16.6. The zero-order valence-electron chi connectivity index (χ0n) is 19.4. The molecule has 7 rings (SSSR count). The van der Waals surface area contributed by atoms with Crippen molar-refractivity contribution >= 4 is 34.9 Å². The fourth-order valence-electron chi connectivity index (χ4n) is 6.40. The molecule has 2 aromatic carbocycles. The topological polar surface area (TPSA) is 118 Å². The Hall–Kier alpha value is -4.14. The summed E-state index contributed by atoms with van der Waals surface area (Å²) in [6.45, 7) is 1.06. The third-order valence-electron chi connectivity index (χ3n) is 8.20. The van der Waals surface area contributed by atoms with Gasteiger partial charge in [0.15, 0.2) is 5.78 Å². The first-order valence-electron chi connectivity index (χ1n) is 12.0. The van der Waals surface area contributed by atoms with E-state index in [1.165, 1.54) is 36.1 Å². The van der Waals surface area contributed by atoms with Crippen LogP contribution in [0.5, 0.6) is 0 Å². The van der Waals surface area contributed by atoms with Crippen molar-refractivity contribution in [2.75, 3.05) is 11.6 Å². The van der Waals surface area contributed by atoms with Crippen LogP contribution in [0.1, 0.15) is 34.1 Å². The summed E-state index contributed by atoms with van der Waals surface area (Å²) in [5.74, 6) is -1.32. The molecule has 0 spiro atoms. The van der Waals surface area contributed by atoms with E-state index in [4.69, 9.17) is 0 Å². The van der Waals surface area contributed by atoms with Crippen molar-refractivity contribution in [1.29, 1.82) is 0 Å². The highest BCUT2D eigenvalue weighted by Crippen LogP contribution is 2.65. The van der Waals surface area contributed by atoms with Gasteiger partial charge in [0.05, 0.1) is 16.8 Å². The number of rotatable bonds is 6. The molecule has 1 heterocycles. The number of amides is 3. The van der Waals surface area contributed by atoms with Crippen molar-refractivity contribution in [3.63, 3.8) is 0 Å². The average molecular weight is 485 g/mol. The molecule has 0 N–H and O–H groups in total. The Bertz CT molecular complexity index is 1330. The number of hydrogen-bond acceptors (Lipinski definition) is 6. The Morgan fingerprint density at radius 1 is 0.972 bits per heavy atom. The summed E-state index contributed by atoms with van der Waals surface area (Å²) in [5, 5.41) is 11.6. The minimum atomic E-state index is -0.711. The molecule has 4 aliphatic carbocycles. The van der Waals surface area contributed by atoms with E-state index in [1.807, 2.05) is 0 Å². The predicted molar refractivity (Wildman–Crippen MR) is 128 cm³/mol. The van der Waals surface area contributed by atoms with Crippen LogP contribution in [0.4, 0.5) is 11.4 Å². The molecule has 0 aromatic heterocycles. The highest BCUT2D eigenvalue weighted by molar-refractivity contribution is 6.11. The van der Waals surface area contributed by atoms with Gasteiger partial charge in [-0.05, 0) is 67.3 Å². The largest absolute Gasteiger partial charge is 0.295 e. The van der Waals surface area contributed by atoms with Crippen LogP contribution >= 0.6 is 0 Å². The van der Waals surface area contributed by atoms with Gasteiger partial charge in [0, 0.05) is 17.3 Å². The second-order valence-corrected chi connectivity index (χ2v) is 10.0. The molecule has 1 aliphatic heterocycles. The number of anilines is 1. The summed E-state index contributed by atoms with van der Waals surface area (Å²) in [7, 11) is 0. The zero-order valence-corrected chi connectivity index (χ0v) is 19.4. The van der Waals surface area contributed by atoms with E-state index >= 15 is 0 Å². The van der Waals surface area contributed by atoms with E-state index in [0.29, 0.717) is 23.1 Å². The molecule has 1 saturated heterocycles. The quantitative estimate of drug-likeness (QED) is 0.203. The van der Waals surface area contributed by atoms with Crippen LogP contribution < -0.4 is 4.90 Å². The molecule has 9 heteroatoms. The minimum absolute atomic E-state index is 0.0423. The fourth-order valence-corrected chi connectivity index (χ4v) is 6.40. The lowest BCUT2D eigenvalue weighted by Crippen LogP contribution is -2.45. The number of allylic oxidation sites excluding steroid dienone is 2. The number of nitro groups is 1. The van der Waals surface area contributed by atoms with Crippen molar-refractivity contribution < 1.29 is 24.1 Å². The van der Waals surface area contributed by atoms with Crippen LogP contribution in [0.15, 0.2) is 60.7 Å². The lowest BCUT2D eigenvalue weighted by Gasteiger charge is -2.37. The molecule has 3 amide bonds. The van der Waals surface area contributed by atoms with E-state index in [-0.39, 0.29) is 47.4 Å². The summed E-state index contributed by atoms with van der Waals surface area (Å²) in [5.41, 5.74) is 0.223. The van der Waals surface area contributed by atoms with Crippen molar-refractivity contribution in [3.8, 4) is 0 Å². The maximum atomic E-state index is 13.7. The van der Waals surface area contributed by atoms with Crippen molar-refractivity contribution in [2.24, 2.45) is 35.5 Å². The van der Waals surface area contributed by atoms with Crippen molar-refractivity contribution in [2.45, 2.75) is 13.3 Å². The summed E-state index contributed by atoms with van der Waals surface area (Å²) < 4.78 is 0. The molecule has 6 atom stereocenters. The lowest BCUT2D eigenvalue weighted by molar-refractivity contribution is -0.385. The molecule has 2 aromatic rings. The molecule has 0 radical (unpaired) electrons. The maximum Gasteiger partial charge on any atom is 0.282 e. The summed E-state index contributed by atoms with van der Waals surface area (Å²) >= 11 is 0. The van der Waals surface area contributed by atoms with Crippen molar-refractivity contribution in [1.82, 2.24) is 4.90 Å². The predicted octanol–water partition coefficient (Wildman–Crippen LogP) is 3.45. The van der Waals surface area contributed by atoms with E-state index in [0.717, 1.165) is 11.3 Å². The zero-order chi connectivity index (χ0) is 25.3. The van der Waals surface area contributed by atoms with Crippen LogP contribution in [0.2, 0.25) is 0 Å². The van der Waals surface area contributed by atoms with E-state index in [2.05, 4.69) is 12.2 Å². The van der Waals surface area contributed by atoms with E-state index in [9.17, 15) is 29.3 Å². The second-order valence-electron chi connectivity index (χ2n) is 10.0. The van der Waals surface area contributed by atoms with Gasteiger partial charge in [-0.3, -0.25) is 39.1 Å². The Morgan fingerprint density at radius 2 is 1.56 bits per heavy atom. The summed E-state index contributed by atoms with van der Waals surface area (Å²) in [4.78, 5) is 65.8. The number of likely N-dealkylation sites (tertiary alicyclic amines) is 1. The number of carbonyl (C=O) groups is 4. The fraction of sp³-hybridized carbons (Fsp3) is 0.333. The number of Topliss-reactive ketones (excluding diaryl/α,β-unsaturated/α-hetero) is 1. The number of para-hydroxylation sites is 1. The van der Waals surface area contributed by atoms with Crippen LogP contribution in [-0.4, -0.2) is 40.0 Å². The normalized spacial score (nSPS) is 29.1. The van der Waals surface area contributed by atoms with Gasteiger partial charge in [0.2, 0.25) is 11.8 Å². The first kappa shape index (κ1) is 22.3. The Kier molecular flexibility index (Phi) is 4.93. The number of hydrogen-bond donors (Lipinski definition) is 0. The molecule has 182 valence electrons. The van der Waals surface area contributed by atoms with Gasteiger partial charge >= 0.3 is 0 Å². The van der Waals surface area contributed by atoms with Crippen LogP contribution in [-0.2, 0) is 9.59 Å². The molecule has 9 nitrogen and oxygen atoms in total. The highest BCUT2D eigenvalue weighted by Gasteiger charge is 2.67. The first-order chi connectivity index (χ1) is 17.3. The summed E-state index contributed by atoms with van der Waals surface area (Å²) in [6, 6.07) is 11.7. The number of ketones is 1. The first-order valence-corrected chi connectivity index (χ1v) is 12.0. The maximum absolute atomic E-state index is 13.7. The van der Waals surface area contributed by atoms with E-state index < -0.39 is 22.7 Å². The van der Waals surface area contributed by atoms with Gasteiger partial charge in [-0.15, -0.1) is 0 Å². The average Bonchev–Trinajstić information content (AvgIpc) is 3.67. The lowest BCUT2D eigenvalue weighted by atomic mass is 9.63. The van der Waals surface area contributed by atoms with Crippen LogP contribution in [0.3, 0.4) is 0 Å². The minimum Gasteiger partial charge on any atom is -0.295 e. The summed E-state index contributed by atoms with van der Waals surface area (Å²) in [6.07, 6.45) is 5.19. The van der Waals surface area contributed by atoms with Gasteiger partial charge in [-0.1, -0.05) is 24.3 Å². The SMILES string of the molecule is CC(=O)c1ccc(N(CN2C(=O)C3C4C=CC(C5CC45)C3C2=O)C(=O)c2ccccc2[N+](=O)[O-])cc1. The molecular formula is C27H23N3O6. The number of benzene rings is 2. The number of nitro benzene ring substituents is 1. The van der Waals surface area contributed by atoms with Gasteiger partial charge in [-0.25, -0.2) is 0 Å². The standard InChI is InChI=1S/C27H23N3O6/c1-14(31)15-6-8-16(9-7-15)28(25(32)19-4-2-3-5-22(19)30(35)36)13-29-26(33)23-17-10-11-18(21-12-20(17)21)24(23)27(29)34/h2-11,17-18,20-21,23-24H,12-13H2,1H3. The number of nitrogens with zero attached hydrogens (tertiary/aromatic N) is 3. The smallest absolute Gasteiger partial charge is 0.282 e. The van der Waals surface area contributed by atoms with Gasteiger partial charge in [0.1, 0.15) is 12.2 Å². The molecular weight excluding hydrogens is 462 g/mol. The molecule has 2 saturated carbocycles. The van der Waals surface area contributed by atoms with Crippen molar-refractivity contribution in [3.05, 3.63) is 81.9 Å². The van der Waals surface area contributed by atoms with Gasteiger partial charge in [-0.2, -0.15) is 0 Å². The Labute approximate surface area is 206 Å². The van der Waals surface area contributed by atoms with E-state index in [1.54, 1.807) is 24.3 Å². The molecule has 5 aliphatic rings. The Balaban J connectivity index is 1.37. The molecule has 6 unspecified atom stereocenters. The molecule has 3 fully saturated rings. The molecule has 2 bridgehead atoms. The van der Waals surface area contributed by atoms with Crippen LogP contribution in [0.25, 0.3) is 0 Å². The molecule has 36 heavy (non-hydrogen) atoms. The number of carbonyl (C=O) groups excluding carboxylic acids is 4. The Morgan fingerprint density at radius 3 is 2.11 bits per heavy atom. The number of imide groups is 1. The van der Waals surface area contributed by atoms with Gasteiger partial charge < -0.3 is 0 Å². The monoisotopic (exact) mass is 485 g/mol. The second kappa shape index (κ2) is 7.94. The third-order valence-corrected chi connectivity index (χ3v) is 8.20.